The summed E-state index contributed by atoms with van der Waals surface area (Å²) in [7, 11) is 0. The summed E-state index contributed by atoms with van der Waals surface area (Å²) in [5, 5.41) is 0. The van der Waals surface area contributed by atoms with Crippen LogP contribution in [0.25, 0.3) is 0 Å². The minimum atomic E-state index is -0.0130. The molecule has 1 saturated heterocycles. The van der Waals surface area contributed by atoms with Crippen molar-refractivity contribution in [3.05, 3.63) is 53.1 Å². The Labute approximate surface area is 177 Å². The van der Waals surface area contributed by atoms with Crippen molar-refractivity contribution in [2.75, 3.05) is 31.2 Å². The molecular weight excluding hydrogens is 380 g/mol. The zero-order valence-corrected chi connectivity index (χ0v) is 17.6. The average Bonchev–Trinajstić information content (AvgIpc) is 3.19. The van der Waals surface area contributed by atoms with Gasteiger partial charge < -0.3 is 19.3 Å². The lowest BCUT2D eigenvalue weighted by molar-refractivity contribution is -0.117. The molecule has 4 rings (SSSR count). The van der Waals surface area contributed by atoms with Gasteiger partial charge in [-0.2, -0.15) is 0 Å². The van der Waals surface area contributed by atoms with E-state index in [0.717, 1.165) is 42.1 Å². The fraction of sp³-hybridized carbons (Fsp3) is 0.417. The smallest absolute Gasteiger partial charge is 0.254 e. The first-order chi connectivity index (χ1) is 14.6. The predicted molar refractivity (Wildman–Crippen MR) is 115 cm³/mol. The first kappa shape index (κ1) is 20.3. The number of carbonyl (C=O) groups excluding carboxylic acids is 2. The summed E-state index contributed by atoms with van der Waals surface area (Å²) in [6.07, 6.45) is 2.22. The predicted octanol–water partition coefficient (Wildman–Crippen LogP) is 3.81. The monoisotopic (exact) mass is 408 g/mol. The number of carbonyl (C=O) groups is 2. The highest BCUT2D eigenvalue weighted by Gasteiger charge is 2.26. The van der Waals surface area contributed by atoms with Crippen molar-refractivity contribution >= 4 is 17.5 Å². The first-order valence-electron chi connectivity index (χ1n) is 10.7. The van der Waals surface area contributed by atoms with Crippen LogP contribution < -0.4 is 14.4 Å². The molecule has 0 bridgehead atoms. The quantitative estimate of drug-likeness (QED) is 0.729. The third-order valence-electron chi connectivity index (χ3n) is 5.64. The summed E-state index contributed by atoms with van der Waals surface area (Å²) in [5.41, 5.74) is 3.71. The molecule has 0 saturated carbocycles. The maximum absolute atomic E-state index is 13.2. The highest BCUT2D eigenvalue weighted by Crippen LogP contribution is 2.34. The summed E-state index contributed by atoms with van der Waals surface area (Å²) in [6, 6.07) is 11.5. The Kier molecular flexibility index (Phi) is 5.93. The summed E-state index contributed by atoms with van der Waals surface area (Å²) < 4.78 is 11.5. The molecule has 158 valence electrons. The second kappa shape index (κ2) is 8.78. The number of hydrogen-bond acceptors (Lipinski definition) is 4. The van der Waals surface area contributed by atoms with Crippen LogP contribution in [0.5, 0.6) is 11.5 Å². The van der Waals surface area contributed by atoms with Crippen LogP contribution in [0, 0.1) is 0 Å². The second-order valence-corrected chi connectivity index (χ2v) is 7.61. The van der Waals surface area contributed by atoms with Crippen molar-refractivity contribution in [2.45, 2.75) is 39.7 Å². The number of nitrogens with zero attached hydrogens (tertiary/aromatic N) is 2. The van der Waals surface area contributed by atoms with Crippen LogP contribution in [0.15, 0.2) is 36.4 Å². The van der Waals surface area contributed by atoms with Crippen LogP contribution in [0.4, 0.5) is 5.69 Å². The number of fused-ring (bicyclic) bond motifs is 1. The van der Waals surface area contributed by atoms with Crippen LogP contribution in [0.2, 0.25) is 0 Å². The van der Waals surface area contributed by atoms with Crippen LogP contribution in [-0.4, -0.2) is 43.0 Å². The molecule has 2 aromatic rings. The molecule has 2 heterocycles. The van der Waals surface area contributed by atoms with Gasteiger partial charge in [-0.3, -0.25) is 9.59 Å². The van der Waals surface area contributed by atoms with Gasteiger partial charge >= 0.3 is 0 Å². The highest BCUT2D eigenvalue weighted by atomic mass is 16.5. The zero-order chi connectivity index (χ0) is 21.1. The molecule has 0 unspecified atom stereocenters. The molecule has 1 fully saturated rings. The molecule has 6 heteroatoms. The Morgan fingerprint density at radius 3 is 2.37 bits per heavy atom. The Morgan fingerprint density at radius 1 is 0.967 bits per heavy atom. The van der Waals surface area contributed by atoms with Gasteiger partial charge in [-0.25, -0.2) is 0 Å². The number of benzene rings is 2. The summed E-state index contributed by atoms with van der Waals surface area (Å²) in [6.45, 7) is 6.95. The number of ether oxygens (including phenoxy) is 2. The van der Waals surface area contributed by atoms with Crippen LogP contribution in [0.1, 0.15) is 48.2 Å². The van der Waals surface area contributed by atoms with E-state index in [-0.39, 0.29) is 11.8 Å². The minimum Gasteiger partial charge on any atom is -0.490 e. The number of rotatable bonds is 6. The maximum atomic E-state index is 13.2. The van der Waals surface area contributed by atoms with Gasteiger partial charge in [-0.15, -0.1) is 0 Å². The first-order valence-corrected chi connectivity index (χ1v) is 10.7. The van der Waals surface area contributed by atoms with E-state index < -0.39 is 0 Å². The van der Waals surface area contributed by atoms with Gasteiger partial charge in [-0.05, 0) is 68.1 Å². The summed E-state index contributed by atoms with van der Waals surface area (Å²) in [5.74, 6) is 1.60. The Balaban J connectivity index is 1.55. The number of hydrogen-bond donors (Lipinski definition) is 0. The third-order valence-corrected chi connectivity index (χ3v) is 5.64. The van der Waals surface area contributed by atoms with Gasteiger partial charge in [0.25, 0.3) is 5.91 Å². The molecule has 2 aliphatic heterocycles. The van der Waals surface area contributed by atoms with Gasteiger partial charge in [0.05, 0.1) is 13.2 Å². The molecular formula is C24H28N2O4. The molecule has 0 radical (unpaired) electrons. The fourth-order valence-electron chi connectivity index (χ4n) is 4.18. The standard InChI is InChI=1S/C24H28N2O4/c1-3-29-21-14-17-10-12-25(16-19(17)15-22(21)30-4-2)24(28)18-7-5-8-20(13-18)26-11-6-9-23(26)27/h5,7-8,13-15H,3-4,6,9-12,16H2,1-2H3. The van der Waals surface area contributed by atoms with E-state index in [0.29, 0.717) is 38.3 Å². The van der Waals surface area contributed by atoms with Crippen LogP contribution >= 0.6 is 0 Å². The lowest BCUT2D eigenvalue weighted by atomic mass is 9.98. The average molecular weight is 408 g/mol. The van der Waals surface area contributed by atoms with E-state index in [4.69, 9.17) is 9.47 Å². The molecule has 6 nitrogen and oxygen atoms in total. The van der Waals surface area contributed by atoms with Crippen molar-refractivity contribution in [2.24, 2.45) is 0 Å². The normalized spacial score (nSPS) is 15.9. The van der Waals surface area contributed by atoms with E-state index in [2.05, 4.69) is 0 Å². The lowest BCUT2D eigenvalue weighted by Gasteiger charge is -2.30. The van der Waals surface area contributed by atoms with Gasteiger partial charge in [-0.1, -0.05) is 6.07 Å². The van der Waals surface area contributed by atoms with E-state index in [1.807, 2.05) is 55.1 Å². The molecule has 30 heavy (non-hydrogen) atoms. The second-order valence-electron chi connectivity index (χ2n) is 7.61. The molecule has 2 aromatic carbocycles. The van der Waals surface area contributed by atoms with Gasteiger partial charge in [0.15, 0.2) is 11.5 Å². The summed E-state index contributed by atoms with van der Waals surface area (Å²) >= 11 is 0. The largest absolute Gasteiger partial charge is 0.490 e. The molecule has 0 spiro atoms. The zero-order valence-electron chi connectivity index (χ0n) is 17.6. The van der Waals surface area contributed by atoms with Gasteiger partial charge in [0, 0.05) is 37.3 Å². The molecule has 0 aliphatic carbocycles. The molecule has 2 aliphatic rings. The van der Waals surface area contributed by atoms with E-state index >= 15 is 0 Å². The minimum absolute atomic E-state index is 0.0130. The van der Waals surface area contributed by atoms with Crippen molar-refractivity contribution in [1.82, 2.24) is 4.90 Å². The Bertz CT molecular complexity index is 956. The van der Waals surface area contributed by atoms with Crippen molar-refractivity contribution in [1.29, 1.82) is 0 Å². The Morgan fingerprint density at radius 2 is 1.70 bits per heavy atom. The van der Waals surface area contributed by atoms with Crippen LogP contribution in [-0.2, 0) is 17.8 Å². The lowest BCUT2D eigenvalue weighted by Crippen LogP contribution is -2.36. The van der Waals surface area contributed by atoms with Crippen molar-refractivity contribution in [3.8, 4) is 11.5 Å². The molecule has 0 atom stereocenters. The highest BCUT2D eigenvalue weighted by molar-refractivity contribution is 5.99. The van der Waals surface area contributed by atoms with Crippen molar-refractivity contribution in [3.63, 3.8) is 0 Å². The number of amides is 2. The van der Waals surface area contributed by atoms with E-state index in [1.165, 1.54) is 5.56 Å². The van der Waals surface area contributed by atoms with Gasteiger partial charge in [0.2, 0.25) is 5.91 Å². The van der Waals surface area contributed by atoms with Crippen LogP contribution in [0.3, 0.4) is 0 Å². The Hall–Kier alpha value is -3.02. The molecule has 0 aromatic heterocycles. The molecule has 0 N–H and O–H groups in total. The topological polar surface area (TPSA) is 59.1 Å². The van der Waals surface area contributed by atoms with Crippen molar-refractivity contribution < 1.29 is 19.1 Å². The van der Waals surface area contributed by atoms with E-state index in [1.54, 1.807) is 4.90 Å². The van der Waals surface area contributed by atoms with Gasteiger partial charge in [0.1, 0.15) is 0 Å². The number of anilines is 1. The van der Waals surface area contributed by atoms with E-state index in [9.17, 15) is 9.59 Å². The fourth-order valence-corrected chi connectivity index (χ4v) is 4.18. The molecule has 2 amide bonds. The third kappa shape index (κ3) is 3.99. The summed E-state index contributed by atoms with van der Waals surface area (Å²) in [4.78, 5) is 28.9. The SMILES string of the molecule is CCOc1cc2c(cc1OCC)CN(C(=O)c1cccc(N3CCCC3=O)c1)CC2. The maximum Gasteiger partial charge on any atom is 0.254 e.